The molecule has 0 aromatic carbocycles. The maximum atomic E-state index is 4.85. The molecule has 1 heterocycles. The standard InChI is InChI=1S/C16H26IN3/c1-4-9-18-16-14(17)13(6-3)19-15(20-16)12-8-7-11(5-2)10-12/h11-12H,4-10H2,1-3H3,(H,18,19,20). The van der Waals surface area contributed by atoms with E-state index in [9.17, 15) is 0 Å². The van der Waals surface area contributed by atoms with Crippen molar-refractivity contribution in [2.24, 2.45) is 5.92 Å². The minimum absolute atomic E-state index is 0.574. The Kier molecular flexibility index (Phi) is 6.05. The minimum Gasteiger partial charge on any atom is -0.369 e. The van der Waals surface area contributed by atoms with Gasteiger partial charge in [0, 0.05) is 12.5 Å². The van der Waals surface area contributed by atoms with Crippen LogP contribution in [0.4, 0.5) is 5.82 Å². The zero-order chi connectivity index (χ0) is 14.5. The zero-order valence-corrected chi connectivity index (χ0v) is 15.0. The van der Waals surface area contributed by atoms with E-state index in [0.29, 0.717) is 5.92 Å². The largest absolute Gasteiger partial charge is 0.369 e. The van der Waals surface area contributed by atoms with Crippen LogP contribution >= 0.6 is 22.6 Å². The Morgan fingerprint density at radius 3 is 2.60 bits per heavy atom. The highest BCUT2D eigenvalue weighted by molar-refractivity contribution is 14.1. The van der Waals surface area contributed by atoms with Crippen molar-refractivity contribution in [2.75, 3.05) is 11.9 Å². The SMILES string of the molecule is CCCNc1nc(C2CCC(CC)C2)nc(CC)c1I. The summed E-state index contributed by atoms with van der Waals surface area (Å²) >= 11 is 2.38. The number of halogens is 1. The summed E-state index contributed by atoms with van der Waals surface area (Å²) in [4.78, 5) is 9.69. The lowest BCUT2D eigenvalue weighted by molar-refractivity contribution is 0.516. The van der Waals surface area contributed by atoms with Gasteiger partial charge in [-0.2, -0.15) is 0 Å². The molecule has 2 rings (SSSR count). The highest BCUT2D eigenvalue weighted by Gasteiger charge is 2.27. The van der Waals surface area contributed by atoms with Crippen molar-refractivity contribution in [2.45, 2.75) is 65.2 Å². The third-order valence-corrected chi connectivity index (χ3v) is 5.43. The van der Waals surface area contributed by atoms with Gasteiger partial charge in [-0.25, -0.2) is 9.97 Å². The van der Waals surface area contributed by atoms with Gasteiger partial charge in [-0.1, -0.05) is 27.2 Å². The summed E-state index contributed by atoms with van der Waals surface area (Å²) in [5.41, 5.74) is 1.20. The van der Waals surface area contributed by atoms with Crippen LogP contribution in [0.5, 0.6) is 0 Å². The maximum Gasteiger partial charge on any atom is 0.143 e. The Morgan fingerprint density at radius 2 is 2.00 bits per heavy atom. The summed E-state index contributed by atoms with van der Waals surface area (Å²) in [6.07, 6.45) is 7.28. The molecule has 0 spiro atoms. The Hall–Kier alpha value is -0.390. The second-order valence-corrected chi connectivity index (χ2v) is 6.83. The average molecular weight is 387 g/mol. The molecule has 1 aliphatic carbocycles. The van der Waals surface area contributed by atoms with Crippen molar-refractivity contribution in [1.29, 1.82) is 0 Å². The summed E-state index contributed by atoms with van der Waals surface area (Å²) in [5.74, 6) is 3.58. The van der Waals surface area contributed by atoms with E-state index in [4.69, 9.17) is 9.97 Å². The van der Waals surface area contributed by atoms with E-state index >= 15 is 0 Å². The van der Waals surface area contributed by atoms with Crippen LogP contribution < -0.4 is 5.32 Å². The van der Waals surface area contributed by atoms with E-state index in [1.807, 2.05) is 0 Å². The fraction of sp³-hybridized carbons (Fsp3) is 0.750. The summed E-state index contributed by atoms with van der Waals surface area (Å²) in [6.45, 7) is 7.65. The van der Waals surface area contributed by atoms with E-state index in [2.05, 4.69) is 48.7 Å². The monoisotopic (exact) mass is 387 g/mol. The topological polar surface area (TPSA) is 37.8 Å². The molecule has 3 nitrogen and oxygen atoms in total. The number of hydrogen-bond donors (Lipinski definition) is 1. The molecule has 2 unspecified atom stereocenters. The van der Waals surface area contributed by atoms with Crippen LogP contribution in [-0.2, 0) is 6.42 Å². The summed E-state index contributed by atoms with van der Waals surface area (Å²) in [7, 11) is 0. The van der Waals surface area contributed by atoms with Crippen LogP contribution in [0.3, 0.4) is 0 Å². The fourth-order valence-corrected chi connectivity index (χ4v) is 3.78. The van der Waals surface area contributed by atoms with E-state index in [-0.39, 0.29) is 0 Å². The second kappa shape index (κ2) is 7.57. The van der Waals surface area contributed by atoms with Gasteiger partial charge in [0.15, 0.2) is 0 Å². The highest BCUT2D eigenvalue weighted by atomic mass is 127. The van der Waals surface area contributed by atoms with Gasteiger partial charge in [0.25, 0.3) is 0 Å². The van der Waals surface area contributed by atoms with E-state index in [1.165, 1.54) is 34.9 Å². The summed E-state index contributed by atoms with van der Waals surface area (Å²) in [6, 6.07) is 0. The molecule has 1 saturated carbocycles. The third kappa shape index (κ3) is 3.62. The van der Waals surface area contributed by atoms with E-state index in [0.717, 1.165) is 36.9 Å². The number of rotatable bonds is 6. The van der Waals surface area contributed by atoms with Crippen molar-refractivity contribution in [3.8, 4) is 0 Å². The molecule has 1 aromatic rings. The van der Waals surface area contributed by atoms with Gasteiger partial charge < -0.3 is 5.32 Å². The van der Waals surface area contributed by atoms with Crippen molar-refractivity contribution in [3.05, 3.63) is 15.1 Å². The lowest BCUT2D eigenvalue weighted by Crippen LogP contribution is -2.12. The lowest BCUT2D eigenvalue weighted by Gasteiger charge is -2.15. The Labute approximate surface area is 136 Å². The molecule has 0 saturated heterocycles. The van der Waals surface area contributed by atoms with Gasteiger partial charge in [0.05, 0.1) is 9.26 Å². The Morgan fingerprint density at radius 1 is 1.20 bits per heavy atom. The first kappa shape index (κ1) is 16.0. The maximum absolute atomic E-state index is 4.85. The van der Waals surface area contributed by atoms with Crippen molar-refractivity contribution >= 4 is 28.4 Å². The summed E-state index contributed by atoms with van der Waals surface area (Å²) < 4.78 is 1.20. The molecule has 1 fully saturated rings. The van der Waals surface area contributed by atoms with Gasteiger partial charge in [0.1, 0.15) is 11.6 Å². The van der Waals surface area contributed by atoms with Crippen LogP contribution in [0, 0.1) is 9.49 Å². The molecule has 2 atom stereocenters. The Bertz CT molecular complexity index is 448. The average Bonchev–Trinajstić information content (AvgIpc) is 2.95. The van der Waals surface area contributed by atoms with Crippen LogP contribution in [0.25, 0.3) is 0 Å². The second-order valence-electron chi connectivity index (χ2n) is 5.76. The zero-order valence-electron chi connectivity index (χ0n) is 12.9. The Balaban J connectivity index is 2.24. The van der Waals surface area contributed by atoms with Gasteiger partial charge in [-0.3, -0.25) is 0 Å². The van der Waals surface area contributed by atoms with E-state index < -0.39 is 0 Å². The summed E-state index contributed by atoms with van der Waals surface area (Å²) in [5, 5.41) is 3.47. The molecule has 1 N–H and O–H groups in total. The number of aryl methyl sites for hydroxylation is 1. The number of hydrogen-bond acceptors (Lipinski definition) is 3. The minimum atomic E-state index is 0.574. The molecule has 112 valence electrons. The fourth-order valence-electron chi connectivity index (χ4n) is 2.97. The van der Waals surface area contributed by atoms with Crippen LogP contribution in [0.2, 0.25) is 0 Å². The normalized spacial score (nSPS) is 22.2. The van der Waals surface area contributed by atoms with Gasteiger partial charge >= 0.3 is 0 Å². The molecule has 20 heavy (non-hydrogen) atoms. The molecule has 1 aromatic heterocycles. The van der Waals surface area contributed by atoms with Gasteiger partial charge in [-0.05, 0) is 60.6 Å². The highest BCUT2D eigenvalue weighted by Crippen LogP contribution is 2.39. The molecule has 0 aliphatic heterocycles. The van der Waals surface area contributed by atoms with Crippen molar-refractivity contribution in [3.63, 3.8) is 0 Å². The predicted octanol–water partition coefficient (Wildman–Crippen LogP) is 4.76. The first-order chi connectivity index (χ1) is 9.69. The molecule has 0 amide bonds. The molecule has 0 bridgehead atoms. The lowest BCUT2D eigenvalue weighted by atomic mass is 10.0. The number of nitrogens with zero attached hydrogens (tertiary/aromatic N) is 2. The van der Waals surface area contributed by atoms with Crippen LogP contribution in [0.15, 0.2) is 0 Å². The predicted molar refractivity (Wildman–Crippen MR) is 93.3 cm³/mol. The van der Waals surface area contributed by atoms with Crippen LogP contribution in [0.1, 0.15) is 70.3 Å². The van der Waals surface area contributed by atoms with Crippen LogP contribution in [-0.4, -0.2) is 16.5 Å². The number of anilines is 1. The van der Waals surface area contributed by atoms with Gasteiger partial charge in [-0.15, -0.1) is 0 Å². The quantitative estimate of drug-likeness (QED) is 0.716. The number of nitrogens with one attached hydrogen (secondary N) is 1. The van der Waals surface area contributed by atoms with Crippen molar-refractivity contribution < 1.29 is 0 Å². The van der Waals surface area contributed by atoms with Crippen molar-refractivity contribution in [1.82, 2.24) is 9.97 Å². The molecule has 1 aliphatic rings. The smallest absolute Gasteiger partial charge is 0.143 e. The third-order valence-electron chi connectivity index (χ3n) is 4.30. The molecule has 0 radical (unpaired) electrons. The van der Waals surface area contributed by atoms with Gasteiger partial charge in [0.2, 0.25) is 0 Å². The van der Waals surface area contributed by atoms with E-state index in [1.54, 1.807) is 0 Å². The molecule has 4 heteroatoms. The number of aromatic nitrogens is 2. The molecular formula is C16H26IN3. The first-order valence-corrected chi connectivity index (χ1v) is 9.07. The first-order valence-electron chi connectivity index (χ1n) is 7.99. The molecular weight excluding hydrogens is 361 g/mol.